The quantitative estimate of drug-likeness (QED) is 0.251. The van der Waals surface area contributed by atoms with Gasteiger partial charge in [-0.15, -0.1) is 0 Å². The van der Waals surface area contributed by atoms with Gasteiger partial charge in [0.2, 0.25) is 5.82 Å². The van der Waals surface area contributed by atoms with Crippen LogP contribution in [0.4, 0.5) is 11.6 Å². The van der Waals surface area contributed by atoms with Gasteiger partial charge in [-0.05, 0) is 60.9 Å². The number of anilines is 2. The molecule has 3 N–H and O–H groups in total. The Labute approximate surface area is 264 Å². The van der Waals surface area contributed by atoms with Gasteiger partial charge in [0, 0.05) is 43.8 Å². The van der Waals surface area contributed by atoms with Crippen LogP contribution in [0.1, 0.15) is 24.2 Å². The second kappa shape index (κ2) is 12.5. The predicted molar refractivity (Wildman–Crippen MR) is 173 cm³/mol. The lowest BCUT2D eigenvalue weighted by Crippen LogP contribution is -2.38. The zero-order chi connectivity index (χ0) is 31.5. The van der Waals surface area contributed by atoms with Crippen molar-refractivity contribution in [2.24, 2.45) is 0 Å². The summed E-state index contributed by atoms with van der Waals surface area (Å²) in [5, 5.41) is 12.5. The van der Waals surface area contributed by atoms with Gasteiger partial charge in [0.1, 0.15) is 28.9 Å². The molecule has 0 spiro atoms. The number of hydrogen-bond donors (Lipinski definition) is 2. The summed E-state index contributed by atoms with van der Waals surface area (Å²) in [4.78, 5) is 33.7. The zero-order valence-electron chi connectivity index (χ0n) is 25.1. The molecule has 46 heavy (non-hydrogen) atoms. The second-order valence-electron chi connectivity index (χ2n) is 10.9. The molecule has 13 nitrogen and oxygen atoms in total. The number of rotatable bonds is 8. The lowest BCUT2D eigenvalue weighted by molar-refractivity contribution is 0.211. The van der Waals surface area contributed by atoms with Gasteiger partial charge >= 0.3 is 0 Å². The SMILES string of the molecule is COc1cnc(-c2ccc3nc(-c4cccnc4N)n(-c4ccc(CN5CCC(Nc6ccnc(C#N)n6)CC5)cc4)c3n2)nc1. The van der Waals surface area contributed by atoms with E-state index < -0.39 is 0 Å². The molecule has 0 radical (unpaired) electrons. The third kappa shape index (κ3) is 5.89. The lowest BCUT2D eigenvalue weighted by atomic mass is 10.0. The Morgan fingerprint density at radius 2 is 1.74 bits per heavy atom. The Balaban J connectivity index is 1.13. The van der Waals surface area contributed by atoms with Crippen molar-refractivity contribution in [1.29, 1.82) is 5.26 Å². The molecule has 7 rings (SSSR count). The van der Waals surface area contributed by atoms with Gasteiger partial charge in [-0.3, -0.25) is 9.47 Å². The van der Waals surface area contributed by atoms with Crippen LogP contribution < -0.4 is 15.8 Å². The number of nitrogens with zero attached hydrogens (tertiary/aromatic N) is 10. The molecule has 5 aromatic heterocycles. The molecule has 1 aliphatic rings. The zero-order valence-corrected chi connectivity index (χ0v) is 25.1. The molecule has 1 saturated heterocycles. The van der Waals surface area contributed by atoms with Crippen LogP contribution in [0.3, 0.4) is 0 Å². The summed E-state index contributed by atoms with van der Waals surface area (Å²) in [5.74, 6) is 2.95. The molecule has 6 aromatic rings. The van der Waals surface area contributed by atoms with E-state index in [9.17, 15) is 0 Å². The van der Waals surface area contributed by atoms with Crippen LogP contribution >= 0.6 is 0 Å². The van der Waals surface area contributed by atoms with Crippen LogP contribution in [0.25, 0.3) is 39.8 Å². The van der Waals surface area contributed by atoms with Crippen molar-refractivity contribution in [2.45, 2.75) is 25.4 Å². The number of methoxy groups -OCH3 is 1. The van der Waals surface area contributed by atoms with Crippen molar-refractivity contribution in [1.82, 2.24) is 44.4 Å². The van der Waals surface area contributed by atoms with Gasteiger partial charge in [-0.1, -0.05) is 12.1 Å². The number of imidazole rings is 1. The number of hydrogen-bond acceptors (Lipinski definition) is 12. The number of nitrogens with one attached hydrogen (secondary N) is 1. The average Bonchev–Trinajstić information content (AvgIpc) is 3.48. The Hall–Kier alpha value is -6.00. The summed E-state index contributed by atoms with van der Waals surface area (Å²) in [6, 6.07) is 20.1. The fraction of sp³-hybridized carbons (Fsp3) is 0.212. The molecule has 13 heteroatoms. The number of fused-ring (bicyclic) bond motifs is 1. The van der Waals surface area contributed by atoms with Gasteiger partial charge in [-0.25, -0.2) is 34.9 Å². The van der Waals surface area contributed by atoms with Crippen LogP contribution in [-0.4, -0.2) is 70.6 Å². The molecular weight excluding hydrogens is 580 g/mol. The molecule has 1 fully saturated rings. The van der Waals surface area contributed by atoms with Crippen molar-refractivity contribution in [3.05, 3.63) is 90.8 Å². The lowest BCUT2D eigenvalue weighted by Gasteiger charge is -2.32. The minimum atomic E-state index is 0.174. The van der Waals surface area contributed by atoms with Gasteiger partial charge < -0.3 is 15.8 Å². The fourth-order valence-electron chi connectivity index (χ4n) is 5.61. The van der Waals surface area contributed by atoms with Crippen molar-refractivity contribution in [2.75, 3.05) is 31.2 Å². The molecule has 228 valence electrons. The van der Waals surface area contributed by atoms with Crippen LogP contribution in [0, 0.1) is 11.3 Å². The minimum absolute atomic E-state index is 0.174. The highest BCUT2D eigenvalue weighted by Crippen LogP contribution is 2.31. The number of nitriles is 1. The largest absolute Gasteiger partial charge is 0.494 e. The summed E-state index contributed by atoms with van der Waals surface area (Å²) in [5.41, 5.74) is 11.1. The highest BCUT2D eigenvalue weighted by Gasteiger charge is 2.21. The van der Waals surface area contributed by atoms with Crippen LogP contribution in [0.15, 0.2) is 79.4 Å². The number of piperidine rings is 1. The molecule has 0 unspecified atom stereocenters. The summed E-state index contributed by atoms with van der Waals surface area (Å²) in [6.45, 7) is 2.74. The molecule has 0 aliphatic carbocycles. The average molecular weight is 611 g/mol. The van der Waals surface area contributed by atoms with E-state index in [1.165, 1.54) is 5.56 Å². The molecule has 0 atom stereocenters. The maximum Gasteiger partial charge on any atom is 0.234 e. The third-order valence-electron chi connectivity index (χ3n) is 7.97. The molecule has 0 bridgehead atoms. The van der Waals surface area contributed by atoms with E-state index in [-0.39, 0.29) is 5.82 Å². The number of ether oxygens (including phenoxy) is 1. The number of nitrogens with two attached hydrogens (primary N) is 1. The van der Waals surface area contributed by atoms with E-state index in [1.807, 2.05) is 34.9 Å². The molecule has 6 heterocycles. The maximum absolute atomic E-state index is 9.07. The minimum Gasteiger partial charge on any atom is -0.494 e. The summed E-state index contributed by atoms with van der Waals surface area (Å²) in [7, 11) is 1.58. The van der Waals surface area contributed by atoms with E-state index in [4.69, 9.17) is 25.7 Å². The van der Waals surface area contributed by atoms with E-state index in [0.717, 1.165) is 38.2 Å². The van der Waals surface area contributed by atoms with E-state index in [2.05, 4.69) is 59.4 Å². The van der Waals surface area contributed by atoms with Crippen LogP contribution in [0.2, 0.25) is 0 Å². The summed E-state index contributed by atoms with van der Waals surface area (Å²) in [6.07, 6.45) is 8.47. The Morgan fingerprint density at radius 1 is 0.935 bits per heavy atom. The van der Waals surface area contributed by atoms with Crippen LogP contribution in [-0.2, 0) is 6.54 Å². The van der Waals surface area contributed by atoms with E-state index >= 15 is 0 Å². The van der Waals surface area contributed by atoms with Crippen molar-refractivity contribution >= 4 is 22.8 Å². The molecule has 0 amide bonds. The van der Waals surface area contributed by atoms with Crippen LogP contribution in [0.5, 0.6) is 5.75 Å². The highest BCUT2D eigenvalue weighted by atomic mass is 16.5. The second-order valence-corrected chi connectivity index (χ2v) is 10.9. The topological polar surface area (TPSA) is 169 Å². The Bertz CT molecular complexity index is 2030. The van der Waals surface area contributed by atoms with Crippen molar-refractivity contribution < 1.29 is 4.74 Å². The van der Waals surface area contributed by atoms with E-state index in [0.29, 0.717) is 57.5 Å². The highest BCUT2D eigenvalue weighted by molar-refractivity contribution is 5.84. The first-order chi connectivity index (χ1) is 22.6. The Kier molecular flexibility index (Phi) is 7.84. The number of likely N-dealkylation sites (tertiary alicyclic amines) is 1. The monoisotopic (exact) mass is 610 g/mol. The number of nitrogen functional groups attached to an aromatic ring is 1. The summed E-state index contributed by atoms with van der Waals surface area (Å²) >= 11 is 0. The molecule has 0 saturated carbocycles. The standard InChI is InChI=1S/C33H30N12O/c1-46-24-18-38-31(39-19-24)26-8-9-27-33(41-26)45(32(42-27)25-3-2-13-37-30(25)35)23-6-4-21(5-7-23)20-44-15-11-22(12-16-44)40-28-10-14-36-29(17-34)43-28/h2-10,13-14,18-19,22H,11-12,15-16,20H2,1H3,(H2,35,37)(H,36,40,43). The number of aromatic nitrogens is 8. The van der Waals surface area contributed by atoms with Gasteiger partial charge in [0.05, 0.1) is 25.1 Å². The number of pyridine rings is 2. The smallest absolute Gasteiger partial charge is 0.234 e. The maximum atomic E-state index is 9.07. The molecule has 1 aliphatic heterocycles. The summed E-state index contributed by atoms with van der Waals surface area (Å²) < 4.78 is 7.21. The number of benzene rings is 1. The van der Waals surface area contributed by atoms with Gasteiger partial charge in [-0.2, -0.15) is 5.26 Å². The van der Waals surface area contributed by atoms with Crippen molar-refractivity contribution in [3.8, 4) is 40.4 Å². The van der Waals surface area contributed by atoms with E-state index in [1.54, 1.807) is 38.0 Å². The van der Waals surface area contributed by atoms with Gasteiger partial charge in [0.15, 0.2) is 23.0 Å². The molecular formula is C33H30N12O. The first-order valence-corrected chi connectivity index (χ1v) is 14.9. The first-order valence-electron chi connectivity index (χ1n) is 14.9. The normalized spacial score (nSPS) is 13.8. The molecule has 1 aromatic carbocycles. The Morgan fingerprint density at radius 3 is 2.48 bits per heavy atom. The third-order valence-corrected chi connectivity index (χ3v) is 7.97. The predicted octanol–water partition coefficient (Wildman–Crippen LogP) is 4.27. The first kappa shape index (κ1) is 28.8. The van der Waals surface area contributed by atoms with Crippen molar-refractivity contribution in [3.63, 3.8) is 0 Å². The van der Waals surface area contributed by atoms with Gasteiger partial charge in [0.25, 0.3) is 0 Å². The fourth-order valence-corrected chi connectivity index (χ4v) is 5.61.